The van der Waals surface area contributed by atoms with Crippen molar-refractivity contribution in [2.24, 2.45) is 5.73 Å². The van der Waals surface area contributed by atoms with Gasteiger partial charge in [0.25, 0.3) is 11.6 Å². The lowest BCUT2D eigenvalue weighted by atomic mass is 10.1. The number of benzene rings is 2. The second kappa shape index (κ2) is 7.28. The van der Waals surface area contributed by atoms with E-state index in [1.807, 2.05) is 0 Å². The van der Waals surface area contributed by atoms with Crippen LogP contribution in [0.15, 0.2) is 30.3 Å². The summed E-state index contributed by atoms with van der Waals surface area (Å²) in [5, 5.41) is 11.1. The third kappa shape index (κ3) is 3.52. The number of non-ortho nitro benzene ring substituents is 1. The number of nitro groups is 1. The van der Waals surface area contributed by atoms with Crippen LogP contribution in [0.3, 0.4) is 0 Å². The number of nitrogens with zero attached hydrogens (tertiary/aromatic N) is 1. The van der Waals surface area contributed by atoms with Gasteiger partial charge in [-0.05, 0) is 12.1 Å². The van der Waals surface area contributed by atoms with Crippen LogP contribution in [0.2, 0.25) is 0 Å². The maximum atomic E-state index is 11.6. The first-order valence-electron chi connectivity index (χ1n) is 7.61. The van der Waals surface area contributed by atoms with Gasteiger partial charge in [-0.15, -0.1) is 0 Å². The Morgan fingerprint density at radius 3 is 2.85 bits per heavy atom. The van der Waals surface area contributed by atoms with Gasteiger partial charge in [0.15, 0.2) is 6.79 Å². The largest absolute Gasteiger partial charge is 0.497 e. The molecule has 9 nitrogen and oxygen atoms in total. The van der Waals surface area contributed by atoms with Crippen LogP contribution < -0.4 is 19.9 Å². The third-order valence-electron chi connectivity index (χ3n) is 3.82. The highest BCUT2D eigenvalue weighted by molar-refractivity contribution is 5.95. The molecule has 9 heteroatoms. The lowest BCUT2D eigenvalue weighted by Gasteiger charge is -2.21. The van der Waals surface area contributed by atoms with Crippen molar-refractivity contribution in [1.29, 1.82) is 0 Å². The Labute approximate surface area is 148 Å². The Morgan fingerprint density at radius 2 is 2.15 bits per heavy atom. The minimum Gasteiger partial charge on any atom is -0.497 e. The monoisotopic (exact) mass is 360 g/mol. The van der Waals surface area contributed by atoms with Gasteiger partial charge in [0.2, 0.25) is 0 Å². The summed E-state index contributed by atoms with van der Waals surface area (Å²) in [5.74, 6) is 0.513. The SMILES string of the molecule is COc1ccc(C(N)=O)c(OCc2cc([N+](=O)[O-])cc3c2OCOC3)c1. The highest BCUT2D eigenvalue weighted by atomic mass is 16.7. The predicted molar refractivity (Wildman–Crippen MR) is 89.2 cm³/mol. The molecule has 0 saturated carbocycles. The number of methoxy groups -OCH3 is 1. The molecule has 0 bridgehead atoms. The summed E-state index contributed by atoms with van der Waals surface area (Å²) in [6.45, 7) is 0.191. The van der Waals surface area contributed by atoms with Gasteiger partial charge in [-0.1, -0.05) is 0 Å². The average molecular weight is 360 g/mol. The van der Waals surface area contributed by atoms with Gasteiger partial charge in [0, 0.05) is 29.3 Å². The molecule has 1 amide bonds. The standard InChI is InChI=1S/C17H16N2O7/c1-23-13-2-3-14(17(18)20)15(6-13)25-8-11-5-12(19(21)22)4-10-7-24-9-26-16(10)11/h2-6H,7-9H2,1H3,(H2,18,20). The molecule has 0 unspecified atom stereocenters. The fourth-order valence-electron chi connectivity index (χ4n) is 2.60. The minimum atomic E-state index is -0.659. The van der Waals surface area contributed by atoms with Crippen LogP contribution in [0, 0.1) is 10.1 Å². The van der Waals surface area contributed by atoms with Gasteiger partial charge in [0.1, 0.15) is 23.9 Å². The summed E-state index contributed by atoms with van der Waals surface area (Å²) < 4.78 is 21.4. The predicted octanol–water partition coefficient (Wildman–Crippen LogP) is 2.15. The van der Waals surface area contributed by atoms with E-state index in [0.29, 0.717) is 22.6 Å². The summed E-state index contributed by atoms with van der Waals surface area (Å²) >= 11 is 0. The van der Waals surface area contributed by atoms with Crippen LogP contribution in [0.5, 0.6) is 17.2 Å². The van der Waals surface area contributed by atoms with Gasteiger partial charge in [-0.2, -0.15) is 0 Å². The average Bonchev–Trinajstić information content (AvgIpc) is 2.65. The van der Waals surface area contributed by atoms with E-state index in [2.05, 4.69) is 0 Å². The number of hydrogen-bond acceptors (Lipinski definition) is 7. The number of ether oxygens (including phenoxy) is 4. The molecule has 1 heterocycles. The first kappa shape index (κ1) is 17.5. The molecule has 0 spiro atoms. The topological polar surface area (TPSA) is 123 Å². The molecule has 2 aromatic rings. The minimum absolute atomic E-state index is 0.0451. The van der Waals surface area contributed by atoms with E-state index in [0.717, 1.165) is 0 Å². The molecule has 0 atom stereocenters. The summed E-state index contributed by atoms with van der Waals surface area (Å²) in [6.07, 6.45) is 0. The zero-order valence-electron chi connectivity index (χ0n) is 13.9. The first-order valence-corrected chi connectivity index (χ1v) is 7.61. The molecule has 0 aromatic heterocycles. The number of rotatable bonds is 6. The van der Waals surface area contributed by atoms with E-state index in [1.54, 1.807) is 6.07 Å². The number of fused-ring (bicyclic) bond motifs is 1. The van der Waals surface area contributed by atoms with Crippen molar-refractivity contribution in [3.05, 3.63) is 57.1 Å². The van der Waals surface area contributed by atoms with Gasteiger partial charge < -0.3 is 24.7 Å². The summed E-state index contributed by atoms with van der Waals surface area (Å²) in [7, 11) is 1.48. The second-order valence-electron chi connectivity index (χ2n) is 5.48. The van der Waals surface area contributed by atoms with Crippen LogP contribution in [0.25, 0.3) is 0 Å². The second-order valence-corrected chi connectivity index (χ2v) is 5.48. The molecule has 3 rings (SSSR count). The Morgan fingerprint density at radius 1 is 1.35 bits per heavy atom. The number of amides is 1. The molecule has 136 valence electrons. The van der Waals surface area contributed by atoms with Gasteiger partial charge in [-0.3, -0.25) is 14.9 Å². The van der Waals surface area contributed by atoms with E-state index in [9.17, 15) is 14.9 Å². The van der Waals surface area contributed by atoms with Gasteiger partial charge in [-0.25, -0.2) is 0 Å². The quantitative estimate of drug-likeness (QED) is 0.618. The molecule has 2 aromatic carbocycles. The van der Waals surface area contributed by atoms with E-state index in [4.69, 9.17) is 24.7 Å². The fourth-order valence-corrected chi connectivity index (χ4v) is 2.60. The van der Waals surface area contributed by atoms with Gasteiger partial charge >= 0.3 is 0 Å². The zero-order chi connectivity index (χ0) is 18.7. The van der Waals surface area contributed by atoms with Crippen LogP contribution in [-0.4, -0.2) is 24.7 Å². The summed E-state index contributed by atoms with van der Waals surface area (Å²) in [5.41, 5.74) is 6.46. The number of carbonyl (C=O) groups excluding carboxylic acids is 1. The Kier molecular flexibility index (Phi) is 4.90. The van der Waals surface area contributed by atoms with Crippen molar-refractivity contribution in [1.82, 2.24) is 0 Å². The van der Waals surface area contributed by atoms with Crippen molar-refractivity contribution in [3.8, 4) is 17.2 Å². The molecule has 26 heavy (non-hydrogen) atoms. The number of carbonyl (C=O) groups is 1. The highest BCUT2D eigenvalue weighted by Gasteiger charge is 2.22. The van der Waals surface area contributed by atoms with Crippen molar-refractivity contribution in [2.45, 2.75) is 13.2 Å². The fraction of sp³-hybridized carbons (Fsp3) is 0.235. The number of nitrogens with two attached hydrogens (primary N) is 1. The van der Waals surface area contributed by atoms with Crippen molar-refractivity contribution < 1.29 is 28.7 Å². The summed E-state index contributed by atoms with van der Waals surface area (Å²) in [4.78, 5) is 22.2. The van der Waals surface area contributed by atoms with E-state index in [1.165, 1.54) is 31.4 Å². The molecule has 0 fully saturated rings. The van der Waals surface area contributed by atoms with E-state index in [-0.39, 0.29) is 37.0 Å². The number of nitro benzene ring substituents is 1. The molecule has 1 aliphatic rings. The molecule has 0 aliphatic carbocycles. The molecular formula is C17H16N2O7. The van der Waals surface area contributed by atoms with E-state index >= 15 is 0 Å². The normalized spacial score (nSPS) is 12.7. The van der Waals surface area contributed by atoms with Crippen molar-refractivity contribution >= 4 is 11.6 Å². The maximum Gasteiger partial charge on any atom is 0.270 e. The lowest BCUT2D eigenvalue weighted by molar-refractivity contribution is -0.385. The molecule has 0 radical (unpaired) electrons. The molecular weight excluding hydrogens is 344 g/mol. The van der Waals surface area contributed by atoms with Gasteiger partial charge in [0.05, 0.1) is 24.2 Å². The Balaban J connectivity index is 1.93. The Hall–Kier alpha value is -3.33. The van der Waals surface area contributed by atoms with Crippen LogP contribution in [0.1, 0.15) is 21.5 Å². The molecule has 0 saturated heterocycles. The first-order chi connectivity index (χ1) is 12.5. The maximum absolute atomic E-state index is 11.6. The smallest absolute Gasteiger partial charge is 0.270 e. The lowest BCUT2D eigenvalue weighted by Crippen LogP contribution is -2.15. The highest BCUT2D eigenvalue weighted by Crippen LogP contribution is 2.34. The number of primary amides is 1. The van der Waals surface area contributed by atoms with Crippen molar-refractivity contribution in [2.75, 3.05) is 13.9 Å². The molecule has 1 aliphatic heterocycles. The van der Waals surface area contributed by atoms with Crippen LogP contribution >= 0.6 is 0 Å². The summed E-state index contributed by atoms with van der Waals surface area (Å²) in [6, 6.07) is 7.37. The number of hydrogen-bond donors (Lipinski definition) is 1. The molecule has 2 N–H and O–H groups in total. The van der Waals surface area contributed by atoms with Crippen molar-refractivity contribution in [3.63, 3.8) is 0 Å². The van der Waals surface area contributed by atoms with Crippen LogP contribution in [-0.2, 0) is 18.0 Å². The third-order valence-corrected chi connectivity index (χ3v) is 3.82. The zero-order valence-corrected chi connectivity index (χ0v) is 13.9. The van der Waals surface area contributed by atoms with E-state index < -0.39 is 10.8 Å². The Bertz CT molecular complexity index is 866. The van der Waals surface area contributed by atoms with Crippen LogP contribution in [0.4, 0.5) is 5.69 Å².